The molecule has 0 aliphatic carbocycles. The molecule has 1 aliphatic rings. The van der Waals surface area contributed by atoms with Gasteiger partial charge in [0, 0.05) is 41.6 Å². The van der Waals surface area contributed by atoms with Gasteiger partial charge in [-0.2, -0.15) is 0 Å². The van der Waals surface area contributed by atoms with E-state index in [9.17, 15) is 4.39 Å². The first-order chi connectivity index (χ1) is 14.5. The lowest BCUT2D eigenvalue weighted by Gasteiger charge is -2.19. The lowest BCUT2D eigenvalue weighted by atomic mass is 10.0. The molecule has 4 heterocycles. The van der Waals surface area contributed by atoms with Crippen molar-refractivity contribution < 1.29 is 4.39 Å². The number of aliphatic imine (C=N–C) groups is 1. The lowest BCUT2D eigenvalue weighted by molar-refractivity contribution is 0.345. The largest absolute Gasteiger partial charge is 0.371 e. The number of hydrogen-bond acceptors (Lipinski definition) is 8. The molecule has 30 heavy (non-hydrogen) atoms. The van der Waals surface area contributed by atoms with Crippen molar-refractivity contribution in [1.29, 1.82) is 0 Å². The van der Waals surface area contributed by atoms with E-state index < -0.39 is 0 Å². The highest BCUT2D eigenvalue weighted by atomic mass is 32.1. The van der Waals surface area contributed by atoms with E-state index in [0.717, 1.165) is 34.4 Å². The maximum atomic E-state index is 13.9. The van der Waals surface area contributed by atoms with Gasteiger partial charge in [-0.25, -0.2) is 14.4 Å². The molecular formula is C21H23FN6S2. The molecule has 0 amide bonds. The summed E-state index contributed by atoms with van der Waals surface area (Å²) < 4.78 is 13.9. The summed E-state index contributed by atoms with van der Waals surface area (Å²) >= 11 is 3.15. The molecular weight excluding hydrogens is 419 g/mol. The van der Waals surface area contributed by atoms with E-state index in [-0.39, 0.29) is 17.7 Å². The van der Waals surface area contributed by atoms with E-state index in [1.165, 1.54) is 17.4 Å². The first kappa shape index (κ1) is 20.7. The summed E-state index contributed by atoms with van der Waals surface area (Å²) in [6.45, 7) is 7.50. The minimum Gasteiger partial charge on any atom is -0.371 e. The van der Waals surface area contributed by atoms with Crippen molar-refractivity contribution in [3.05, 3.63) is 63.2 Å². The minimum absolute atomic E-state index is 0.112. The Morgan fingerprint density at radius 3 is 2.97 bits per heavy atom. The molecule has 3 aromatic heterocycles. The van der Waals surface area contributed by atoms with Crippen molar-refractivity contribution in [3.8, 4) is 0 Å². The summed E-state index contributed by atoms with van der Waals surface area (Å²) in [5.74, 6) is 0.107. The van der Waals surface area contributed by atoms with Crippen LogP contribution < -0.4 is 0 Å². The average molecular weight is 443 g/mol. The molecule has 2 unspecified atom stereocenters. The number of aromatic nitrogens is 4. The van der Waals surface area contributed by atoms with E-state index in [0.29, 0.717) is 17.4 Å². The molecule has 0 saturated heterocycles. The van der Waals surface area contributed by atoms with Gasteiger partial charge in [0.05, 0.1) is 18.2 Å². The fourth-order valence-corrected chi connectivity index (χ4v) is 4.89. The number of rotatable bonds is 5. The van der Waals surface area contributed by atoms with Crippen LogP contribution in [-0.2, 0) is 6.54 Å². The lowest BCUT2D eigenvalue weighted by Crippen LogP contribution is -2.20. The molecule has 0 spiro atoms. The Bertz CT molecular complexity index is 1070. The number of halogens is 1. The van der Waals surface area contributed by atoms with E-state index >= 15 is 0 Å². The summed E-state index contributed by atoms with van der Waals surface area (Å²) in [5, 5.41) is 13.3. The number of allylic oxidation sites excluding steroid dienone is 1. The minimum atomic E-state index is -0.275. The third kappa shape index (κ3) is 4.79. The summed E-state index contributed by atoms with van der Waals surface area (Å²) in [7, 11) is 0. The van der Waals surface area contributed by atoms with Gasteiger partial charge >= 0.3 is 0 Å². The van der Waals surface area contributed by atoms with Crippen LogP contribution in [0.25, 0.3) is 0 Å². The molecule has 156 valence electrons. The summed E-state index contributed by atoms with van der Waals surface area (Å²) in [6, 6.07) is 3.05. The molecule has 9 heteroatoms. The summed E-state index contributed by atoms with van der Waals surface area (Å²) in [6.07, 6.45) is 6.50. The Morgan fingerprint density at radius 2 is 2.20 bits per heavy atom. The van der Waals surface area contributed by atoms with Gasteiger partial charge in [0.1, 0.15) is 15.8 Å². The van der Waals surface area contributed by atoms with E-state index in [4.69, 9.17) is 4.99 Å². The van der Waals surface area contributed by atoms with Crippen LogP contribution in [0.15, 0.2) is 41.0 Å². The predicted octanol–water partition coefficient (Wildman–Crippen LogP) is 5.12. The molecule has 6 nitrogen and oxygen atoms in total. The predicted molar refractivity (Wildman–Crippen MR) is 119 cm³/mol. The van der Waals surface area contributed by atoms with Crippen molar-refractivity contribution in [2.24, 2.45) is 10.9 Å². The molecule has 0 radical (unpaired) electrons. The van der Waals surface area contributed by atoms with E-state index in [1.54, 1.807) is 23.6 Å². The van der Waals surface area contributed by atoms with Gasteiger partial charge in [-0.3, -0.25) is 4.98 Å². The smallest absolute Gasteiger partial charge is 0.231 e. The van der Waals surface area contributed by atoms with Crippen molar-refractivity contribution >= 4 is 33.5 Å². The Morgan fingerprint density at radius 1 is 1.33 bits per heavy atom. The monoisotopic (exact) mass is 442 g/mol. The van der Waals surface area contributed by atoms with Crippen molar-refractivity contribution in [1.82, 2.24) is 25.1 Å². The topological polar surface area (TPSA) is 67.2 Å². The molecule has 0 N–H and O–H groups in total. The molecule has 4 rings (SSSR count). The van der Waals surface area contributed by atoms with Crippen LogP contribution in [0.5, 0.6) is 0 Å². The quantitative estimate of drug-likeness (QED) is 0.549. The zero-order valence-electron chi connectivity index (χ0n) is 17.1. The second kappa shape index (κ2) is 9.09. The fraction of sp³-hybridized carbons (Fsp3) is 0.381. The Balaban J connectivity index is 1.49. The number of pyridine rings is 1. The number of thiazole rings is 1. The number of aryl methyl sites for hydroxylation is 1. The van der Waals surface area contributed by atoms with E-state index in [1.807, 2.05) is 19.2 Å². The summed E-state index contributed by atoms with van der Waals surface area (Å²) in [4.78, 5) is 15.5. The maximum Gasteiger partial charge on any atom is 0.231 e. The van der Waals surface area contributed by atoms with Gasteiger partial charge in [-0.15, -0.1) is 21.5 Å². The van der Waals surface area contributed by atoms with Crippen LogP contribution in [0.1, 0.15) is 47.6 Å². The van der Waals surface area contributed by atoms with Crippen LogP contribution in [-0.4, -0.2) is 37.3 Å². The zero-order valence-corrected chi connectivity index (χ0v) is 18.8. The highest BCUT2D eigenvalue weighted by Crippen LogP contribution is 2.32. The molecule has 0 bridgehead atoms. The van der Waals surface area contributed by atoms with Gasteiger partial charge in [0.25, 0.3) is 0 Å². The molecule has 0 aromatic carbocycles. The number of nitrogens with zero attached hydrogens (tertiary/aromatic N) is 6. The second-order valence-corrected chi connectivity index (χ2v) is 9.29. The molecule has 1 aliphatic heterocycles. The van der Waals surface area contributed by atoms with Crippen LogP contribution in [0.3, 0.4) is 0 Å². The third-order valence-electron chi connectivity index (χ3n) is 5.03. The van der Waals surface area contributed by atoms with Crippen LogP contribution in [0.4, 0.5) is 9.52 Å². The third-order valence-corrected chi connectivity index (χ3v) is 7.18. The zero-order chi connectivity index (χ0) is 21.1. The summed E-state index contributed by atoms with van der Waals surface area (Å²) in [5.41, 5.74) is 2.44. The standard InChI is InChI=1S/C21H23FN6S2/c1-13-6-9-28(11-18-16(22)5-4-8-23-18)10-7-17(13)25-21-27-26-20(30-21)15(3)19-24-14(2)12-29-19/h4-5,7-8,10,12-13,15H,6,9,11H2,1-3H3. The van der Waals surface area contributed by atoms with Crippen molar-refractivity contribution in [2.45, 2.75) is 39.7 Å². The van der Waals surface area contributed by atoms with Crippen LogP contribution >= 0.6 is 22.7 Å². The Kier molecular flexibility index (Phi) is 6.29. The number of hydrogen-bond donors (Lipinski definition) is 0. The van der Waals surface area contributed by atoms with Gasteiger partial charge in [0.2, 0.25) is 5.13 Å². The second-order valence-electron chi connectivity index (χ2n) is 7.42. The van der Waals surface area contributed by atoms with Gasteiger partial charge in [-0.05, 0) is 38.5 Å². The highest BCUT2D eigenvalue weighted by molar-refractivity contribution is 7.15. The highest BCUT2D eigenvalue weighted by Gasteiger charge is 2.19. The van der Waals surface area contributed by atoms with Gasteiger partial charge in [0.15, 0.2) is 0 Å². The van der Waals surface area contributed by atoms with Gasteiger partial charge < -0.3 is 4.90 Å². The molecule has 2 atom stereocenters. The van der Waals surface area contributed by atoms with Gasteiger partial charge in [-0.1, -0.05) is 18.3 Å². The molecule has 3 aromatic rings. The normalized spacial score (nSPS) is 19.3. The molecule has 0 fully saturated rings. The van der Waals surface area contributed by atoms with Crippen molar-refractivity contribution in [2.75, 3.05) is 6.54 Å². The van der Waals surface area contributed by atoms with Crippen LogP contribution in [0, 0.1) is 18.7 Å². The van der Waals surface area contributed by atoms with E-state index in [2.05, 4.69) is 44.3 Å². The SMILES string of the molecule is Cc1csc(C(C)c2nnc(N=C3C=CN(Cc4ncccc4F)CCC3C)s2)n1. The molecule has 0 saturated carbocycles. The average Bonchev–Trinajstić information content (AvgIpc) is 3.34. The van der Waals surface area contributed by atoms with Crippen LogP contribution in [0.2, 0.25) is 0 Å². The first-order valence-electron chi connectivity index (χ1n) is 9.85. The fourth-order valence-electron chi connectivity index (χ4n) is 3.17. The van der Waals surface area contributed by atoms with Crippen molar-refractivity contribution in [3.63, 3.8) is 0 Å². The maximum absolute atomic E-state index is 13.9. The Labute approximate surface area is 183 Å². The Hall–Kier alpha value is -2.52. The first-order valence-corrected chi connectivity index (χ1v) is 11.5.